The third-order valence-corrected chi connectivity index (χ3v) is 1.55. The Kier molecular flexibility index (Phi) is 2.50. The summed E-state index contributed by atoms with van der Waals surface area (Å²) in [7, 11) is 0. The molecule has 2 amide bonds. The number of hydrogen-bond acceptors (Lipinski definition) is 2. The monoisotopic (exact) mass is 175 g/mol. The highest BCUT2D eigenvalue weighted by Gasteiger charge is 2.03. The number of primary amides is 1. The summed E-state index contributed by atoms with van der Waals surface area (Å²) in [6, 6.07) is 6.43. The van der Waals surface area contributed by atoms with Crippen molar-refractivity contribution in [3.8, 4) is 6.07 Å². The first-order valence-electron chi connectivity index (χ1n) is 3.70. The van der Waals surface area contributed by atoms with Crippen LogP contribution < -0.4 is 11.1 Å². The molecule has 0 bridgehead atoms. The average molecular weight is 175 g/mol. The summed E-state index contributed by atoms with van der Waals surface area (Å²) in [5.74, 6) is 0. The number of anilines is 1. The van der Waals surface area contributed by atoms with Gasteiger partial charge in [-0.15, -0.1) is 0 Å². The zero-order valence-electron chi connectivity index (χ0n) is 7.16. The Hall–Kier alpha value is -2.02. The molecule has 0 aromatic heterocycles. The van der Waals surface area contributed by atoms with Gasteiger partial charge in [0, 0.05) is 0 Å². The molecule has 13 heavy (non-hydrogen) atoms. The standard InChI is InChI=1S/C9H9N3O/c1-6-2-3-7(5-10)8(4-6)12-9(11)13/h2-4H,1H3,(H3,11,12,13). The van der Waals surface area contributed by atoms with Crippen molar-refractivity contribution in [1.29, 1.82) is 5.26 Å². The van der Waals surface area contributed by atoms with Crippen LogP contribution in [0.4, 0.5) is 10.5 Å². The second-order valence-corrected chi connectivity index (χ2v) is 2.65. The molecule has 4 nitrogen and oxygen atoms in total. The predicted molar refractivity (Wildman–Crippen MR) is 49.1 cm³/mol. The second kappa shape index (κ2) is 3.59. The number of nitrogens with one attached hydrogen (secondary N) is 1. The summed E-state index contributed by atoms with van der Waals surface area (Å²) in [5.41, 5.74) is 6.76. The van der Waals surface area contributed by atoms with Crippen LogP contribution in [0.3, 0.4) is 0 Å². The molecule has 0 unspecified atom stereocenters. The summed E-state index contributed by atoms with van der Waals surface area (Å²) in [5, 5.41) is 11.1. The van der Waals surface area contributed by atoms with Crippen LogP contribution >= 0.6 is 0 Å². The molecule has 0 radical (unpaired) electrons. The largest absolute Gasteiger partial charge is 0.351 e. The van der Waals surface area contributed by atoms with Crippen molar-refractivity contribution < 1.29 is 4.79 Å². The first-order valence-corrected chi connectivity index (χ1v) is 3.70. The van der Waals surface area contributed by atoms with Crippen molar-refractivity contribution in [1.82, 2.24) is 0 Å². The van der Waals surface area contributed by atoms with E-state index in [0.717, 1.165) is 5.56 Å². The maximum absolute atomic E-state index is 10.5. The van der Waals surface area contributed by atoms with Crippen molar-refractivity contribution in [3.63, 3.8) is 0 Å². The van der Waals surface area contributed by atoms with E-state index in [-0.39, 0.29) is 0 Å². The van der Waals surface area contributed by atoms with Crippen molar-refractivity contribution in [3.05, 3.63) is 29.3 Å². The highest BCUT2D eigenvalue weighted by molar-refractivity contribution is 5.89. The fraction of sp³-hybridized carbons (Fsp3) is 0.111. The minimum atomic E-state index is -0.665. The van der Waals surface area contributed by atoms with Crippen molar-refractivity contribution >= 4 is 11.7 Å². The fourth-order valence-electron chi connectivity index (χ4n) is 0.992. The van der Waals surface area contributed by atoms with Crippen LogP contribution in [-0.2, 0) is 0 Å². The van der Waals surface area contributed by atoms with E-state index >= 15 is 0 Å². The Morgan fingerprint density at radius 1 is 1.62 bits per heavy atom. The van der Waals surface area contributed by atoms with Gasteiger partial charge in [-0.3, -0.25) is 0 Å². The molecule has 3 N–H and O–H groups in total. The highest BCUT2D eigenvalue weighted by atomic mass is 16.2. The molecule has 0 aliphatic rings. The van der Waals surface area contributed by atoms with Gasteiger partial charge in [0.05, 0.1) is 11.3 Å². The number of hydrogen-bond donors (Lipinski definition) is 2. The molecule has 0 aliphatic carbocycles. The summed E-state index contributed by atoms with van der Waals surface area (Å²) >= 11 is 0. The van der Waals surface area contributed by atoms with E-state index in [2.05, 4.69) is 5.32 Å². The van der Waals surface area contributed by atoms with E-state index in [0.29, 0.717) is 11.3 Å². The molecular weight excluding hydrogens is 166 g/mol. The number of amides is 2. The van der Waals surface area contributed by atoms with Gasteiger partial charge in [-0.1, -0.05) is 6.07 Å². The quantitative estimate of drug-likeness (QED) is 0.675. The topological polar surface area (TPSA) is 78.9 Å². The molecular formula is C9H9N3O. The summed E-state index contributed by atoms with van der Waals surface area (Å²) in [4.78, 5) is 10.5. The number of aryl methyl sites for hydroxylation is 1. The Morgan fingerprint density at radius 3 is 2.85 bits per heavy atom. The maximum atomic E-state index is 10.5. The predicted octanol–water partition coefficient (Wildman–Crippen LogP) is 1.36. The molecule has 1 aromatic carbocycles. The Balaban J connectivity index is 3.10. The van der Waals surface area contributed by atoms with Gasteiger partial charge in [0.2, 0.25) is 0 Å². The van der Waals surface area contributed by atoms with Crippen molar-refractivity contribution in [2.75, 3.05) is 5.32 Å². The normalized spacial score (nSPS) is 8.92. The molecule has 66 valence electrons. The van der Waals surface area contributed by atoms with Gasteiger partial charge in [0.1, 0.15) is 6.07 Å². The van der Waals surface area contributed by atoms with E-state index in [1.807, 2.05) is 13.0 Å². The molecule has 0 fully saturated rings. The lowest BCUT2D eigenvalue weighted by molar-refractivity contribution is 0.259. The third-order valence-electron chi connectivity index (χ3n) is 1.55. The summed E-state index contributed by atoms with van der Waals surface area (Å²) < 4.78 is 0. The molecule has 0 saturated heterocycles. The maximum Gasteiger partial charge on any atom is 0.316 e. The third kappa shape index (κ3) is 2.20. The number of nitriles is 1. The Bertz CT molecular complexity index is 379. The lowest BCUT2D eigenvalue weighted by atomic mass is 10.1. The molecule has 0 heterocycles. The lowest BCUT2D eigenvalue weighted by Crippen LogP contribution is -2.19. The summed E-state index contributed by atoms with van der Waals surface area (Å²) in [6.07, 6.45) is 0. The molecule has 1 rings (SSSR count). The minimum absolute atomic E-state index is 0.407. The highest BCUT2D eigenvalue weighted by Crippen LogP contribution is 2.15. The second-order valence-electron chi connectivity index (χ2n) is 2.65. The van der Waals surface area contributed by atoms with Crippen LogP contribution in [0.1, 0.15) is 11.1 Å². The van der Waals surface area contributed by atoms with Gasteiger partial charge in [-0.2, -0.15) is 5.26 Å². The number of rotatable bonds is 1. The number of nitrogens with two attached hydrogens (primary N) is 1. The van der Waals surface area contributed by atoms with Crippen LogP contribution in [0.5, 0.6) is 0 Å². The summed E-state index contributed by atoms with van der Waals surface area (Å²) in [6.45, 7) is 1.87. The van der Waals surface area contributed by atoms with Gasteiger partial charge in [-0.05, 0) is 24.6 Å². The van der Waals surface area contributed by atoms with Crippen LogP contribution in [0.15, 0.2) is 18.2 Å². The minimum Gasteiger partial charge on any atom is -0.351 e. The van der Waals surface area contributed by atoms with Gasteiger partial charge >= 0.3 is 6.03 Å². The Morgan fingerprint density at radius 2 is 2.31 bits per heavy atom. The van der Waals surface area contributed by atoms with E-state index < -0.39 is 6.03 Å². The zero-order valence-corrected chi connectivity index (χ0v) is 7.16. The molecule has 0 aliphatic heterocycles. The SMILES string of the molecule is Cc1ccc(C#N)c(NC(N)=O)c1. The average Bonchev–Trinajstić information content (AvgIpc) is 2.03. The van der Waals surface area contributed by atoms with E-state index in [9.17, 15) is 4.79 Å². The van der Waals surface area contributed by atoms with Gasteiger partial charge in [-0.25, -0.2) is 4.79 Å². The van der Waals surface area contributed by atoms with E-state index in [4.69, 9.17) is 11.0 Å². The Labute approximate surface area is 76.0 Å². The lowest BCUT2D eigenvalue weighted by Gasteiger charge is -2.04. The number of urea groups is 1. The molecule has 1 aromatic rings. The van der Waals surface area contributed by atoms with Gasteiger partial charge in [0.25, 0.3) is 0 Å². The first-order chi connectivity index (χ1) is 6.13. The van der Waals surface area contributed by atoms with E-state index in [1.165, 1.54) is 0 Å². The van der Waals surface area contributed by atoms with E-state index in [1.54, 1.807) is 18.2 Å². The number of carbonyl (C=O) groups excluding carboxylic acids is 1. The number of nitrogens with zero attached hydrogens (tertiary/aromatic N) is 1. The fourth-order valence-corrected chi connectivity index (χ4v) is 0.992. The molecule has 4 heteroatoms. The molecule has 0 atom stereocenters. The number of benzene rings is 1. The molecule has 0 saturated carbocycles. The van der Waals surface area contributed by atoms with Crippen LogP contribution in [0.25, 0.3) is 0 Å². The first kappa shape index (κ1) is 9.07. The smallest absolute Gasteiger partial charge is 0.316 e. The van der Waals surface area contributed by atoms with Crippen LogP contribution in [0, 0.1) is 18.3 Å². The number of carbonyl (C=O) groups is 1. The van der Waals surface area contributed by atoms with Crippen molar-refractivity contribution in [2.45, 2.75) is 6.92 Å². The van der Waals surface area contributed by atoms with Crippen LogP contribution in [-0.4, -0.2) is 6.03 Å². The zero-order chi connectivity index (χ0) is 9.84. The van der Waals surface area contributed by atoms with Gasteiger partial charge in [0.15, 0.2) is 0 Å². The molecule has 0 spiro atoms. The van der Waals surface area contributed by atoms with Crippen molar-refractivity contribution in [2.24, 2.45) is 5.73 Å². The van der Waals surface area contributed by atoms with Gasteiger partial charge < -0.3 is 11.1 Å². The van der Waals surface area contributed by atoms with Crippen LogP contribution in [0.2, 0.25) is 0 Å².